The number of para-hydroxylation sites is 1. The van der Waals surface area contributed by atoms with Gasteiger partial charge >= 0.3 is 0 Å². The van der Waals surface area contributed by atoms with Crippen molar-refractivity contribution in [2.75, 3.05) is 18.4 Å². The Bertz CT molecular complexity index is 1230. The maximum atomic E-state index is 13.4. The third kappa shape index (κ3) is 4.22. The van der Waals surface area contributed by atoms with E-state index in [-0.39, 0.29) is 17.3 Å². The van der Waals surface area contributed by atoms with Crippen LogP contribution in [0.15, 0.2) is 45.8 Å². The first-order valence-electron chi connectivity index (χ1n) is 10.7. The van der Waals surface area contributed by atoms with Crippen molar-refractivity contribution in [3.63, 3.8) is 0 Å². The molecule has 10 heteroatoms. The highest BCUT2D eigenvalue weighted by Crippen LogP contribution is 2.41. The summed E-state index contributed by atoms with van der Waals surface area (Å²) in [5, 5.41) is 6.93. The Morgan fingerprint density at radius 3 is 2.75 bits per heavy atom. The number of benzene rings is 1. The number of hydrogen-bond donors (Lipinski definition) is 1. The number of piperidine rings is 1. The number of amides is 1. The van der Waals surface area contributed by atoms with E-state index in [1.165, 1.54) is 15.6 Å². The molecule has 8 nitrogen and oxygen atoms in total. The van der Waals surface area contributed by atoms with Crippen molar-refractivity contribution in [3.8, 4) is 10.7 Å². The van der Waals surface area contributed by atoms with Gasteiger partial charge in [-0.2, -0.15) is 9.29 Å². The van der Waals surface area contributed by atoms with Crippen LogP contribution in [-0.4, -0.2) is 41.9 Å². The zero-order valence-electron chi connectivity index (χ0n) is 17.7. The lowest BCUT2D eigenvalue weighted by molar-refractivity contribution is -0.120. The lowest BCUT2D eigenvalue weighted by atomic mass is 9.99. The number of thiophene rings is 1. The number of aryl methyl sites for hydroxylation is 1. The van der Waals surface area contributed by atoms with Crippen molar-refractivity contribution >= 4 is 33.0 Å². The summed E-state index contributed by atoms with van der Waals surface area (Å²) in [6.45, 7) is 2.35. The second-order valence-electron chi connectivity index (χ2n) is 8.32. The van der Waals surface area contributed by atoms with Crippen LogP contribution in [0.25, 0.3) is 10.7 Å². The summed E-state index contributed by atoms with van der Waals surface area (Å²) in [5.74, 6) is 0.848. The highest BCUT2D eigenvalue weighted by Gasteiger charge is 2.35. The topological polar surface area (TPSA) is 105 Å². The van der Waals surface area contributed by atoms with Crippen LogP contribution in [0.3, 0.4) is 0 Å². The van der Waals surface area contributed by atoms with Crippen LogP contribution in [-0.2, 0) is 14.8 Å². The van der Waals surface area contributed by atoms with E-state index < -0.39 is 15.9 Å². The van der Waals surface area contributed by atoms with E-state index in [2.05, 4.69) is 15.5 Å². The number of carbonyl (C=O) groups excluding carboxylic acids is 1. The van der Waals surface area contributed by atoms with Gasteiger partial charge in [0.1, 0.15) is 0 Å². The Morgan fingerprint density at radius 1 is 1.22 bits per heavy atom. The van der Waals surface area contributed by atoms with Gasteiger partial charge in [-0.15, -0.1) is 11.3 Å². The number of anilines is 1. The molecule has 2 aromatic heterocycles. The van der Waals surface area contributed by atoms with Gasteiger partial charge < -0.3 is 9.84 Å². The molecule has 1 aliphatic heterocycles. The summed E-state index contributed by atoms with van der Waals surface area (Å²) in [6, 6.07) is 10.8. The molecule has 2 aliphatic rings. The number of nitrogens with one attached hydrogen (secondary N) is 1. The third-order valence-electron chi connectivity index (χ3n) is 5.88. The van der Waals surface area contributed by atoms with E-state index in [1.807, 2.05) is 30.3 Å². The maximum absolute atomic E-state index is 13.4. The largest absolute Gasteiger partial charge is 0.339 e. The molecule has 1 atom stereocenters. The molecule has 0 radical (unpaired) electrons. The monoisotopic (exact) mass is 472 g/mol. The predicted octanol–water partition coefficient (Wildman–Crippen LogP) is 4.02. The lowest BCUT2D eigenvalue weighted by Gasteiger charge is -2.31. The van der Waals surface area contributed by atoms with Crippen LogP contribution < -0.4 is 5.32 Å². The second-order valence-corrected chi connectivity index (χ2v) is 11.5. The van der Waals surface area contributed by atoms with Gasteiger partial charge in [0.25, 0.3) is 0 Å². The minimum Gasteiger partial charge on any atom is -0.339 e. The lowest BCUT2D eigenvalue weighted by Crippen LogP contribution is -2.43. The number of nitrogens with zero attached hydrogens (tertiary/aromatic N) is 3. The average molecular weight is 473 g/mol. The molecule has 2 fully saturated rings. The van der Waals surface area contributed by atoms with Gasteiger partial charge in [-0.25, -0.2) is 8.42 Å². The standard InChI is InChI=1S/C22H24N4O4S2/c1-14-19(12-18(31-14)20-24-22(30-25-20)15-9-10-15)32(28,29)26-11-5-6-16(13-26)21(27)23-17-7-3-2-4-8-17/h2-4,7-8,12,15-16H,5-6,9-11,13H2,1H3,(H,23,27). The summed E-state index contributed by atoms with van der Waals surface area (Å²) < 4.78 is 33.6. The minimum atomic E-state index is -3.74. The number of sulfonamides is 1. The zero-order valence-corrected chi connectivity index (χ0v) is 19.3. The maximum Gasteiger partial charge on any atom is 0.244 e. The molecule has 168 valence electrons. The van der Waals surface area contributed by atoms with Crippen LogP contribution in [0.5, 0.6) is 0 Å². The normalized spacial score (nSPS) is 19.7. The van der Waals surface area contributed by atoms with Crippen molar-refractivity contribution in [1.29, 1.82) is 0 Å². The summed E-state index contributed by atoms with van der Waals surface area (Å²) in [6.07, 6.45) is 3.40. The van der Waals surface area contributed by atoms with Gasteiger partial charge in [0, 0.05) is 29.6 Å². The van der Waals surface area contributed by atoms with Gasteiger partial charge in [-0.3, -0.25) is 4.79 Å². The molecule has 1 aromatic carbocycles. The Hall–Kier alpha value is -2.56. The fraction of sp³-hybridized carbons (Fsp3) is 0.409. The molecular weight excluding hydrogens is 448 g/mol. The minimum absolute atomic E-state index is 0.154. The average Bonchev–Trinajstić information content (AvgIpc) is 3.39. The first-order valence-corrected chi connectivity index (χ1v) is 13.0. The quantitative estimate of drug-likeness (QED) is 0.581. The van der Waals surface area contributed by atoms with E-state index in [0.717, 1.165) is 12.8 Å². The Labute approximate surface area is 190 Å². The van der Waals surface area contributed by atoms with Crippen molar-refractivity contribution in [3.05, 3.63) is 47.2 Å². The number of hydrogen-bond acceptors (Lipinski definition) is 7. The Morgan fingerprint density at radius 2 is 2.00 bits per heavy atom. The van der Waals surface area contributed by atoms with Crippen molar-refractivity contribution in [2.45, 2.75) is 43.4 Å². The summed E-state index contributed by atoms with van der Waals surface area (Å²) in [5.41, 5.74) is 0.710. The molecule has 1 unspecified atom stereocenters. The highest BCUT2D eigenvalue weighted by molar-refractivity contribution is 7.89. The van der Waals surface area contributed by atoms with Crippen LogP contribution in [0.4, 0.5) is 5.69 Å². The molecule has 0 spiro atoms. The van der Waals surface area contributed by atoms with Crippen LogP contribution in [0.1, 0.15) is 42.4 Å². The van der Waals surface area contributed by atoms with Crippen LogP contribution >= 0.6 is 11.3 Å². The van der Waals surface area contributed by atoms with Gasteiger partial charge in [-0.1, -0.05) is 23.4 Å². The van der Waals surface area contributed by atoms with Gasteiger partial charge in [0.15, 0.2) is 0 Å². The third-order valence-corrected chi connectivity index (χ3v) is 9.04. The van der Waals surface area contributed by atoms with E-state index in [9.17, 15) is 13.2 Å². The van der Waals surface area contributed by atoms with E-state index in [1.54, 1.807) is 13.0 Å². The van der Waals surface area contributed by atoms with E-state index in [4.69, 9.17) is 4.52 Å². The molecule has 3 aromatic rings. The van der Waals surface area contributed by atoms with Crippen molar-refractivity contribution in [1.82, 2.24) is 14.4 Å². The molecule has 0 bridgehead atoms. The first kappa shape index (κ1) is 21.3. The molecule has 1 amide bonds. The number of rotatable bonds is 6. The summed E-state index contributed by atoms with van der Waals surface area (Å²) in [7, 11) is -3.74. The number of aromatic nitrogens is 2. The predicted molar refractivity (Wildman–Crippen MR) is 121 cm³/mol. The summed E-state index contributed by atoms with van der Waals surface area (Å²) in [4.78, 5) is 18.8. The Kier molecular flexibility index (Phi) is 5.60. The number of carbonyl (C=O) groups is 1. The van der Waals surface area contributed by atoms with Crippen molar-refractivity contribution < 1.29 is 17.7 Å². The highest BCUT2D eigenvalue weighted by atomic mass is 32.2. The molecule has 3 heterocycles. The molecule has 1 N–H and O–H groups in total. The van der Waals surface area contributed by atoms with E-state index in [0.29, 0.717) is 52.5 Å². The SMILES string of the molecule is Cc1sc(-c2noc(C3CC3)n2)cc1S(=O)(=O)N1CCCC(C(=O)Nc2ccccc2)C1. The second kappa shape index (κ2) is 8.42. The Balaban J connectivity index is 1.33. The van der Waals surface area contributed by atoms with Crippen molar-refractivity contribution in [2.24, 2.45) is 5.92 Å². The van der Waals surface area contributed by atoms with Gasteiger partial charge in [-0.05, 0) is 50.8 Å². The molecule has 1 saturated carbocycles. The van der Waals surface area contributed by atoms with Crippen LogP contribution in [0.2, 0.25) is 0 Å². The molecule has 1 saturated heterocycles. The van der Waals surface area contributed by atoms with Gasteiger partial charge in [0.2, 0.25) is 27.6 Å². The molecule has 5 rings (SSSR count). The summed E-state index contributed by atoms with van der Waals surface area (Å²) >= 11 is 1.34. The fourth-order valence-electron chi connectivity index (χ4n) is 3.94. The molecule has 1 aliphatic carbocycles. The zero-order chi connectivity index (χ0) is 22.3. The van der Waals surface area contributed by atoms with Crippen LogP contribution in [0, 0.1) is 12.8 Å². The van der Waals surface area contributed by atoms with Gasteiger partial charge in [0.05, 0.1) is 15.7 Å². The van der Waals surface area contributed by atoms with E-state index >= 15 is 0 Å². The first-order chi connectivity index (χ1) is 15.4. The molecular formula is C22H24N4O4S2. The smallest absolute Gasteiger partial charge is 0.244 e. The molecule has 32 heavy (non-hydrogen) atoms. The fourth-order valence-corrected chi connectivity index (χ4v) is 6.95.